The number of aromatic nitrogens is 1. The molecule has 0 saturated heterocycles. The molecule has 122 valence electrons. The van der Waals surface area contributed by atoms with Gasteiger partial charge in [-0.15, -0.1) is 0 Å². The van der Waals surface area contributed by atoms with E-state index in [2.05, 4.69) is 6.07 Å². The first-order valence-corrected chi connectivity index (χ1v) is 7.93. The summed E-state index contributed by atoms with van der Waals surface area (Å²) in [5.41, 5.74) is 7.97. The molecule has 0 amide bonds. The second kappa shape index (κ2) is 6.06. The van der Waals surface area contributed by atoms with Gasteiger partial charge in [0.15, 0.2) is 0 Å². The monoisotopic (exact) mass is 341 g/mol. The van der Waals surface area contributed by atoms with Crippen LogP contribution in [-0.2, 0) is 6.54 Å². The van der Waals surface area contributed by atoms with Gasteiger partial charge >= 0.3 is 0 Å². The highest BCUT2D eigenvalue weighted by Gasteiger charge is 2.34. The zero-order valence-electron chi connectivity index (χ0n) is 13.3. The number of benzene rings is 1. The van der Waals surface area contributed by atoms with Crippen molar-refractivity contribution < 1.29 is 4.74 Å². The first-order valence-electron chi connectivity index (χ1n) is 7.55. The highest BCUT2D eigenvalue weighted by Crippen LogP contribution is 2.40. The fraction of sp³-hybridized carbons (Fsp3) is 0.222. The Hall–Kier alpha value is -2.71. The average Bonchev–Trinajstić information content (AvgIpc) is 2.54. The maximum Gasteiger partial charge on any atom is 0.258 e. The molecule has 1 aliphatic rings. The molecule has 2 N–H and O–H groups in total. The third kappa shape index (κ3) is 2.45. The van der Waals surface area contributed by atoms with Crippen molar-refractivity contribution in [2.45, 2.75) is 26.3 Å². The van der Waals surface area contributed by atoms with E-state index in [0.717, 1.165) is 11.3 Å². The van der Waals surface area contributed by atoms with Gasteiger partial charge in [0, 0.05) is 23.3 Å². The van der Waals surface area contributed by atoms with E-state index in [1.165, 1.54) is 0 Å². The summed E-state index contributed by atoms with van der Waals surface area (Å²) >= 11 is 5.96. The minimum atomic E-state index is -0.568. The summed E-state index contributed by atoms with van der Waals surface area (Å²) < 4.78 is 7.22. The van der Waals surface area contributed by atoms with Gasteiger partial charge in [-0.1, -0.05) is 23.7 Å². The van der Waals surface area contributed by atoms with E-state index in [-0.39, 0.29) is 17.0 Å². The molecule has 3 rings (SSSR count). The zero-order chi connectivity index (χ0) is 17.4. The Labute approximate surface area is 144 Å². The summed E-state index contributed by atoms with van der Waals surface area (Å²) in [5.74, 6) is -0.140. The molecule has 0 bridgehead atoms. The number of nitriles is 1. The van der Waals surface area contributed by atoms with E-state index in [9.17, 15) is 10.1 Å². The van der Waals surface area contributed by atoms with Crippen molar-refractivity contribution in [3.63, 3.8) is 0 Å². The smallest absolute Gasteiger partial charge is 0.258 e. The van der Waals surface area contributed by atoms with Gasteiger partial charge in [-0.3, -0.25) is 4.79 Å². The third-order valence-corrected chi connectivity index (χ3v) is 4.46. The van der Waals surface area contributed by atoms with Gasteiger partial charge in [0.05, 0.1) is 11.5 Å². The summed E-state index contributed by atoms with van der Waals surface area (Å²) in [6.07, 6.45) is 0. The highest BCUT2D eigenvalue weighted by molar-refractivity contribution is 6.30. The predicted molar refractivity (Wildman–Crippen MR) is 91.9 cm³/mol. The molecule has 24 heavy (non-hydrogen) atoms. The minimum Gasteiger partial charge on any atom is -0.440 e. The fourth-order valence-electron chi connectivity index (χ4n) is 3.07. The first-order chi connectivity index (χ1) is 11.5. The maximum absolute atomic E-state index is 13.0. The minimum absolute atomic E-state index is 0.0259. The number of fused-ring (bicyclic) bond motifs is 1. The standard InChI is InChI=1S/C18H16ClN3O2/c1-3-22-10(2)8-14-16(18(22)23)15(13(9-20)17(21)24-14)11-4-6-12(19)7-5-11/h4-8,15H,3,21H2,1-2H3. The third-order valence-electron chi connectivity index (χ3n) is 4.21. The van der Waals surface area contributed by atoms with E-state index >= 15 is 0 Å². The molecule has 2 heterocycles. The molecule has 2 aromatic rings. The number of hydrogen-bond acceptors (Lipinski definition) is 4. The summed E-state index contributed by atoms with van der Waals surface area (Å²) in [5, 5.41) is 10.1. The van der Waals surface area contributed by atoms with Crippen LogP contribution >= 0.6 is 11.6 Å². The van der Waals surface area contributed by atoms with Crippen molar-refractivity contribution >= 4 is 11.6 Å². The lowest BCUT2D eigenvalue weighted by Crippen LogP contribution is -2.32. The first kappa shape index (κ1) is 16.2. The van der Waals surface area contributed by atoms with Gasteiger partial charge in [0.25, 0.3) is 5.56 Å². The Kier molecular flexibility index (Phi) is 4.08. The van der Waals surface area contributed by atoms with Crippen molar-refractivity contribution in [3.05, 3.63) is 74.0 Å². The molecule has 0 saturated carbocycles. The predicted octanol–water partition coefficient (Wildman–Crippen LogP) is 3.05. The van der Waals surface area contributed by atoms with Crippen molar-refractivity contribution in [2.75, 3.05) is 0 Å². The lowest BCUT2D eigenvalue weighted by Gasteiger charge is -2.27. The SMILES string of the molecule is CCn1c(C)cc2c(c1=O)C(c1ccc(Cl)cc1)C(C#N)=C(N)O2. The number of pyridine rings is 1. The lowest BCUT2D eigenvalue weighted by molar-refractivity contribution is 0.388. The van der Waals surface area contributed by atoms with E-state index in [1.54, 1.807) is 34.9 Å². The van der Waals surface area contributed by atoms with Crippen LogP contribution in [0.3, 0.4) is 0 Å². The van der Waals surface area contributed by atoms with Crippen LogP contribution in [0, 0.1) is 18.3 Å². The van der Waals surface area contributed by atoms with Crippen molar-refractivity contribution in [1.82, 2.24) is 4.57 Å². The summed E-state index contributed by atoms with van der Waals surface area (Å²) in [6.45, 7) is 4.27. The van der Waals surface area contributed by atoms with Crippen molar-refractivity contribution in [3.8, 4) is 11.8 Å². The van der Waals surface area contributed by atoms with Crippen LogP contribution < -0.4 is 16.0 Å². The maximum atomic E-state index is 13.0. The molecule has 1 aromatic heterocycles. The van der Waals surface area contributed by atoms with Gasteiger partial charge in [-0.25, -0.2) is 0 Å². The molecule has 0 spiro atoms. The molecule has 0 radical (unpaired) electrons. The van der Waals surface area contributed by atoms with Crippen LogP contribution in [0.4, 0.5) is 0 Å². The van der Waals surface area contributed by atoms with E-state index < -0.39 is 5.92 Å². The molecule has 1 unspecified atom stereocenters. The highest BCUT2D eigenvalue weighted by atomic mass is 35.5. The molecule has 1 aliphatic heterocycles. The second-order valence-electron chi connectivity index (χ2n) is 5.59. The van der Waals surface area contributed by atoms with Crippen LogP contribution in [0.15, 0.2) is 46.6 Å². The Balaban J connectivity index is 2.33. The van der Waals surface area contributed by atoms with E-state index in [4.69, 9.17) is 22.1 Å². The molecular formula is C18H16ClN3O2. The molecule has 1 aromatic carbocycles. The van der Waals surface area contributed by atoms with Gasteiger partial charge in [0.1, 0.15) is 17.4 Å². The number of aryl methyl sites for hydroxylation is 1. The van der Waals surface area contributed by atoms with Crippen molar-refractivity contribution in [1.29, 1.82) is 5.26 Å². The average molecular weight is 342 g/mol. The summed E-state index contributed by atoms with van der Waals surface area (Å²) in [4.78, 5) is 13.0. The van der Waals surface area contributed by atoms with Crippen LogP contribution in [0.5, 0.6) is 5.75 Å². The van der Waals surface area contributed by atoms with E-state index in [1.807, 2.05) is 13.8 Å². The second-order valence-corrected chi connectivity index (χ2v) is 6.03. The number of nitrogens with two attached hydrogens (primary N) is 1. The molecule has 1 atom stereocenters. The number of halogens is 1. The fourth-order valence-corrected chi connectivity index (χ4v) is 3.19. The summed E-state index contributed by atoms with van der Waals surface area (Å²) in [7, 11) is 0. The number of ether oxygens (including phenoxy) is 1. The van der Waals surface area contributed by atoms with Crippen LogP contribution in [0.1, 0.15) is 29.7 Å². The topological polar surface area (TPSA) is 81.0 Å². The van der Waals surface area contributed by atoms with Crippen LogP contribution in [0.2, 0.25) is 5.02 Å². The van der Waals surface area contributed by atoms with Crippen LogP contribution in [0.25, 0.3) is 0 Å². The molecule has 0 fully saturated rings. The summed E-state index contributed by atoms with van der Waals surface area (Å²) in [6, 6.07) is 10.9. The van der Waals surface area contributed by atoms with Crippen molar-refractivity contribution in [2.24, 2.45) is 5.73 Å². The number of nitrogens with zero attached hydrogens (tertiary/aromatic N) is 2. The molecular weight excluding hydrogens is 326 g/mol. The normalized spacial score (nSPS) is 16.3. The zero-order valence-corrected chi connectivity index (χ0v) is 14.1. The van der Waals surface area contributed by atoms with Gasteiger partial charge in [-0.05, 0) is 31.5 Å². The number of allylic oxidation sites excluding steroid dienone is 1. The van der Waals surface area contributed by atoms with Gasteiger partial charge in [-0.2, -0.15) is 5.26 Å². The molecule has 6 heteroatoms. The van der Waals surface area contributed by atoms with Crippen LogP contribution in [-0.4, -0.2) is 4.57 Å². The van der Waals surface area contributed by atoms with Gasteiger partial charge in [0.2, 0.25) is 5.88 Å². The quantitative estimate of drug-likeness (QED) is 0.910. The Morgan fingerprint density at radius 1 is 1.38 bits per heavy atom. The van der Waals surface area contributed by atoms with Gasteiger partial charge < -0.3 is 15.0 Å². The largest absolute Gasteiger partial charge is 0.440 e. The lowest BCUT2D eigenvalue weighted by atomic mass is 9.84. The molecule has 5 nitrogen and oxygen atoms in total. The van der Waals surface area contributed by atoms with E-state index in [0.29, 0.717) is 22.9 Å². The Morgan fingerprint density at radius 2 is 2.04 bits per heavy atom. The Morgan fingerprint density at radius 3 is 2.62 bits per heavy atom. The number of hydrogen-bond donors (Lipinski definition) is 1. The molecule has 0 aliphatic carbocycles. The Bertz CT molecular complexity index is 936. The number of rotatable bonds is 2.